The van der Waals surface area contributed by atoms with Crippen molar-refractivity contribution in [2.45, 2.75) is 27.2 Å². The number of hydrazone groups is 1. The SMILES string of the molecule is CC/C(C)=N/Nc1nc2cc(Cl)c(N3CCN(CC)CC3)cc2s1. The first-order valence-electron chi connectivity index (χ1n) is 8.47. The number of halogens is 1. The van der Waals surface area contributed by atoms with E-state index in [1.807, 2.05) is 13.0 Å². The molecule has 130 valence electrons. The van der Waals surface area contributed by atoms with Crippen molar-refractivity contribution >= 4 is 49.7 Å². The summed E-state index contributed by atoms with van der Waals surface area (Å²) < 4.78 is 1.14. The van der Waals surface area contributed by atoms with E-state index in [2.05, 4.69) is 45.2 Å². The average Bonchev–Trinajstić information content (AvgIpc) is 3.00. The number of nitrogens with one attached hydrogen (secondary N) is 1. The van der Waals surface area contributed by atoms with E-state index >= 15 is 0 Å². The molecular weight excluding hydrogens is 342 g/mol. The van der Waals surface area contributed by atoms with Crippen LogP contribution in [0, 0.1) is 0 Å². The Hall–Kier alpha value is -1.37. The molecule has 1 aromatic carbocycles. The van der Waals surface area contributed by atoms with E-state index in [1.165, 1.54) is 0 Å². The van der Waals surface area contributed by atoms with Crippen LogP contribution in [0.5, 0.6) is 0 Å². The van der Waals surface area contributed by atoms with E-state index in [0.717, 1.165) is 70.9 Å². The van der Waals surface area contributed by atoms with Crippen molar-refractivity contribution in [3.8, 4) is 0 Å². The molecule has 1 N–H and O–H groups in total. The summed E-state index contributed by atoms with van der Waals surface area (Å²) in [5.74, 6) is 0. The van der Waals surface area contributed by atoms with Gasteiger partial charge in [-0.25, -0.2) is 4.98 Å². The maximum Gasteiger partial charge on any atom is 0.204 e. The van der Waals surface area contributed by atoms with Crippen molar-refractivity contribution in [3.63, 3.8) is 0 Å². The van der Waals surface area contributed by atoms with Crippen molar-refractivity contribution in [1.82, 2.24) is 9.88 Å². The van der Waals surface area contributed by atoms with E-state index in [1.54, 1.807) is 11.3 Å². The molecule has 1 aliphatic heterocycles. The summed E-state index contributed by atoms with van der Waals surface area (Å²) in [7, 11) is 0. The molecule has 24 heavy (non-hydrogen) atoms. The van der Waals surface area contributed by atoms with Gasteiger partial charge >= 0.3 is 0 Å². The average molecular weight is 366 g/mol. The van der Waals surface area contributed by atoms with E-state index in [9.17, 15) is 0 Å². The largest absolute Gasteiger partial charge is 0.368 e. The van der Waals surface area contributed by atoms with Gasteiger partial charge in [0.1, 0.15) is 0 Å². The van der Waals surface area contributed by atoms with Gasteiger partial charge in [-0.2, -0.15) is 5.10 Å². The van der Waals surface area contributed by atoms with Gasteiger partial charge in [-0.15, -0.1) is 0 Å². The van der Waals surface area contributed by atoms with Gasteiger partial charge in [0.15, 0.2) is 0 Å². The molecule has 0 aliphatic carbocycles. The minimum Gasteiger partial charge on any atom is -0.368 e. The van der Waals surface area contributed by atoms with Crippen LogP contribution in [0.3, 0.4) is 0 Å². The Balaban J connectivity index is 1.81. The third-order valence-electron chi connectivity index (χ3n) is 4.47. The quantitative estimate of drug-likeness (QED) is 0.634. The second-order valence-corrected chi connectivity index (χ2v) is 7.46. The molecule has 1 fully saturated rings. The molecule has 3 rings (SSSR count). The van der Waals surface area contributed by atoms with Gasteiger partial charge in [0.05, 0.1) is 20.9 Å². The highest BCUT2D eigenvalue weighted by Crippen LogP contribution is 2.35. The zero-order valence-electron chi connectivity index (χ0n) is 14.5. The number of likely N-dealkylation sites (N-methyl/N-ethyl adjacent to an activating group) is 1. The van der Waals surface area contributed by atoms with Gasteiger partial charge in [-0.05, 0) is 32.0 Å². The van der Waals surface area contributed by atoms with Crippen LogP contribution < -0.4 is 10.3 Å². The monoisotopic (exact) mass is 365 g/mol. The predicted octanol–water partition coefficient (Wildman–Crippen LogP) is 4.29. The van der Waals surface area contributed by atoms with E-state index < -0.39 is 0 Å². The normalized spacial score (nSPS) is 16.8. The lowest BCUT2D eigenvalue weighted by Crippen LogP contribution is -2.46. The summed E-state index contributed by atoms with van der Waals surface area (Å²) >= 11 is 8.14. The minimum absolute atomic E-state index is 0.775. The maximum absolute atomic E-state index is 6.53. The van der Waals surface area contributed by atoms with Crippen molar-refractivity contribution < 1.29 is 0 Å². The zero-order valence-corrected chi connectivity index (χ0v) is 16.0. The molecule has 0 bridgehead atoms. The van der Waals surface area contributed by atoms with Crippen LogP contribution in [0.4, 0.5) is 10.8 Å². The number of hydrogen-bond donors (Lipinski definition) is 1. The number of rotatable bonds is 5. The number of piperazine rings is 1. The second-order valence-electron chi connectivity index (χ2n) is 6.02. The number of benzene rings is 1. The first-order valence-corrected chi connectivity index (χ1v) is 9.66. The van der Waals surface area contributed by atoms with Crippen LogP contribution in [0.2, 0.25) is 5.02 Å². The van der Waals surface area contributed by atoms with Crippen molar-refractivity contribution in [1.29, 1.82) is 0 Å². The molecule has 0 unspecified atom stereocenters. The molecule has 0 radical (unpaired) electrons. The highest BCUT2D eigenvalue weighted by Gasteiger charge is 2.19. The van der Waals surface area contributed by atoms with E-state index in [0.29, 0.717) is 0 Å². The topological polar surface area (TPSA) is 43.8 Å². The Morgan fingerprint density at radius 2 is 2.04 bits per heavy atom. The molecule has 7 heteroatoms. The Morgan fingerprint density at radius 1 is 1.29 bits per heavy atom. The number of fused-ring (bicyclic) bond motifs is 1. The van der Waals surface area contributed by atoms with Crippen LogP contribution >= 0.6 is 22.9 Å². The third kappa shape index (κ3) is 3.82. The molecule has 1 aromatic heterocycles. The van der Waals surface area contributed by atoms with Crippen molar-refractivity contribution in [2.75, 3.05) is 43.0 Å². The fraction of sp³-hybridized carbons (Fsp3) is 0.529. The van der Waals surface area contributed by atoms with Crippen molar-refractivity contribution in [2.24, 2.45) is 5.10 Å². The molecular formula is C17H24ClN5S. The highest BCUT2D eigenvalue weighted by molar-refractivity contribution is 7.22. The third-order valence-corrected chi connectivity index (χ3v) is 5.70. The summed E-state index contributed by atoms with van der Waals surface area (Å²) in [5, 5.41) is 5.91. The zero-order chi connectivity index (χ0) is 17.1. The van der Waals surface area contributed by atoms with Crippen LogP contribution in [0.1, 0.15) is 27.2 Å². The lowest BCUT2D eigenvalue weighted by molar-refractivity contribution is 0.271. The molecule has 0 spiro atoms. The number of anilines is 2. The summed E-state index contributed by atoms with van der Waals surface area (Å²) in [5.41, 5.74) is 6.14. The fourth-order valence-electron chi connectivity index (χ4n) is 2.76. The van der Waals surface area contributed by atoms with Gasteiger partial charge in [-0.3, -0.25) is 5.43 Å². The van der Waals surface area contributed by atoms with Crippen LogP contribution in [0.15, 0.2) is 17.2 Å². The van der Waals surface area contributed by atoms with Crippen LogP contribution in [-0.2, 0) is 0 Å². The Morgan fingerprint density at radius 3 is 2.71 bits per heavy atom. The lowest BCUT2D eigenvalue weighted by atomic mass is 10.2. The number of aromatic nitrogens is 1. The number of hydrogen-bond acceptors (Lipinski definition) is 6. The number of nitrogens with zero attached hydrogens (tertiary/aromatic N) is 4. The Labute approximate surface area is 152 Å². The highest BCUT2D eigenvalue weighted by atomic mass is 35.5. The first-order chi connectivity index (χ1) is 11.6. The van der Waals surface area contributed by atoms with Crippen molar-refractivity contribution in [3.05, 3.63) is 17.2 Å². The molecule has 0 saturated carbocycles. The fourth-order valence-corrected chi connectivity index (χ4v) is 3.86. The molecule has 2 heterocycles. The molecule has 2 aromatic rings. The van der Waals surface area contributed by atoms with E-state index in [-0.39, 0.29) is 0 Å². The lowest BCUT2D eigenvalue weighted by Gasteiger charge is -2.35. The summed E-state index contributed by atoms with van der Waals surface area (Å²) in [6.07, 6.45) is 0.928. The Kier molecular flexibility index (Phi) is 5.58. The molecule has 0 amide bonds. The summed E-state index contributed by atoms with van der Waals surface area (Å²) in [4.78, 5) is 9.42. The van der Waals surface area contributed by atoms with Gasteiger partial charge in [0, 0.05) is 31.9 Å². The Bertz CT molecular complexity index is 734. The molecule has 1 aliphatic rings. The number of thiazole rings is 1. The maximum atomic E-state index is 6.53. The van der Waals surface area contributed by atoms with E-state index in [4.69, 9.17) is 11.6 Å². The summed E-state index contributed by atoms with van der Waals surface area (Å²) in [6.45, 7) is 11.6. The molecule has 5 nitrogen and oxygen atoms in total. The van der Waals surface area contributed by atoms with Crippen LogP contribution in [-0.4, -0.2) is 48.3 Å². The second kappa shape index (κ2) is 7.68. The van der Waals surface area contributed by atoms with Crippen LogP contribution in [0.25, 0.3) is 10.2 Å². The smallest absolute Gasteiger partial charge is 0.204 e. The standard InChI is InChI=1S/C17H24ClN5S/c1-4-12(3)20-21-17-19-14-10-13(18)15(11-16(14)24-17)23-8-6-22(5-2)7-9-23/h10-11H,4-9H2,1-3H3,(H,19,21)/b20-12+. The van der Waals surface area contributed by atoms with Gasteiger partial charge in [0.25, 0.3) is 0 Å². The summed E-state index contributed by atoms with van der Waals surface area (Å²) in [6, 6.07) is 4.13. The molecule has 1 saturated heterocycles. The first kappa shape index (κ1) is 17.5. The predicted molar refractivity (Wildman–Crippen MR) is 106 cm³/mol. The molecule has 0 atom stereocenters. The van der Waals surface area contributed by atoms with Gasteiger partial charge < -0.3 is 9.80 Å². The minimum atomic E-state index is 0.775. The van der Waals surface area contributed by atoms with Gasteiger partial charge in [0.2, 0.25) is 5.13 Å². The van der Waals surface area contributed by atoms with Gasteiger partial charge in [-0.1, -0.05) is 36.8 Å².